The van der Waals surface area contributed by atoms with E-state index in [1.807, 2.05) is 0 Å². The third kappa shape index (κ3) is 7.40. The van der Waals surface area contributed by atoms with Crippen LogP contribution < -0.4 is 0 Å². The number of aliphatic hydroxyl groups is 2. The van der Waals surface area contributed by atoms with Gasteiger partial charge in [0.05, 0.1) is 12.7 Å². The minimum atomic E-state index is -0.409. The van der Waals surface area contributed by atoms with Crippen LogP contribution >= 0.6 is 0 Å². The van der Waals surface area contributed by atoms with Crippen LogP contribution in [0.5, 0.6) is 0 Å². The summed E-state index contributed by atoms with van der Waals surface area (Å²) in [6.45, 7) is 1.72. The smallest absolute Gasteiger partial charge is 0.0695 e. The summed E-state index contributed by atoms with van der Waals surface area (Å²) in [6, 6.07) is 0. The average molecular weight is 128 g/mol. The minimum absolute atomic E-state index is 0.0458. The SMILES string of the molecule is CC(O)/C=C\C=C/CO. The van der Waals surface area contributed by atoms with Gasteiger partial charge in [0.25, 0.3) is 0 Å². The van der Waals surface area contributed by atoms with Crippen LogP contribution in [0, 0.1) is 0 Å². The van der Waals surface area contributed by atoms with Crippen LogP contribution in [0.3, 0.4) is 0 Å². The summed E-state index contributed by atoms with van der Waals surface area (Å²) in [5.74, 6) is 0. The van der Waals surface area contributed by atoms with Crippen LogP contribution in [0.25, 0.3) is 0 Å². The van der Waals surface area contributed by atoms with Gasteiger partial charge in [-0.3, -0.25) is 0 Å². The van der Waals surface area contributed by atoms with Gasteiger partial charge in [-0.15, -0.1) is 0 Å². The molecule has 0 saturated carbocycles. The van der Waals surface area contributed by atoms with Crippen molar-refractivity contribution in [1.82, 2.24) is 0 Å². The highest BCUT2D eigenvalue weighted by Gasteiger charge is 1.79. The third-order valence-electron chi connectivity index (χ3n) is 0.742. The molecule has 1 unspecified atom stereocenters. The standard InChI is InChI=1S/C7H12O2/c1-7(9)5-3-2-4-6-8/h2-5,7-9H,6H2,1H3/b4-2-,5-3-. The van der Waals surface area contributed by atoms with Crippen molar-refractivity contribution < 1.29 is 10.2 Å². The van der Waals surface area contributed by atoms with E-state index in [9.17, 15) is 0 Å². The molecule has 0 amide bonds. The van der Waals surface area contributed by atoms with E-state index in [-0.39, 0.29) is 6.61 Å². The van der Waals surface area contributed by atoms with Crippen LogP contribution in [-0.2, 0) is 0 Å². The molecule has 0 bridgehead atoms. The highest BCUT2D eigenvalue weighted by atomic mass is 16.3. The Balaban J connectivity index is 3.35. The molecule has 0 heterocycles. The topological polar surface area (TPSA) is 40.5 Å². The fourth-order valence-electron chi connectivity index (χ4n) is 0.364. The Morgan fingerprint density at radius 1 is 1.44 bits per heavy atom. The van der Waals surface area contributed by atoms with E-state index < -0.39 is 6.10 Å². The van der Waals surface area contributed by atoms with Crippen molar-refractivity contribution in [3.63, 3.8) is 0 Å². The Morgan fingerprint density at radius 3 is 2.56 bits per heavy atom. The number of hydrogen-bond acceptors (Lipinski definition) is 2. The third-order valence-corrected chi connectivity index (χ3v) is 0.742. The molecule has 52 valence electrons. The summed E-state index contributed by atoms with van der Waals surface area (Å²) < 4.78 is 0. The second-order valence-electron chi connectivity index (χ2n) is 1.74. The van der Waals surface area contributed by atoms with E-state index in [0.29, 0.717) is 0 Å². The van der Waals surface area contributed by atoms with E-state index in [2.05, 4.69) is 0 Å². The Hall–Kier alpha value is -0.600. The maximum Gasteiger partial charge on any atom is 0.0695 e. The molecule has 0 aliphatic heterocycles. The van der Waals surface area contributed by atoms with E-state index in [1.54, 1.807) is 31.2 Å². The monoisotopic (exact) mass is 128 g/mol. The Bertz CT molecular complexity index is 103. The lowest BCUT2D eigenvalue weighted by Gasteiger charge is -1.88. The molecule has 0 aromatic carbocycles. The first kappa shape index (κ1) is 8.40. The second-order valence-corrected chi connectivity index (χ2v) is 1.74. The molecule has 2 N–H and O–H groups in total. The molecule has 0 aromatic heterocycles. The normalized spacial score (nSPS) is 15.4. The molecule has 1 atom stereocenters. The lowest BCUT2D eigenvalue weighted by atomic mass is 10.3. The van der Waals surface area contributed by atoms with Gasteiger partial charge in [-0.05, 0) is 6.92 Å². The molecule has 0 spiro atoms. The molecule has 0 saturated heterocycles. The summed E-state index contributed by atoms with van der Waals surface area (Å²) in [6.07, 6.45) is 6.20. The zero-order valence-electron chi connectivity index (χ0n) is 5.49. The van der Waals surface area contributed by atoms with Gasteiger partial charge in [-0.2, -0.15) is 0 Å². The molecule has 0 aliphatic rings. The average Bonchev–Trinajstić information content (AvgIpc) is 1.80. The van der Waals surface area contributed by atoms with Gasteiger partial charge >= 0.3 is 0 Å². The maximum atomic E-state index is 8.67. The first-order valence-corrected chi connectivity index (χ1v) is 2.89. The van der Waals surface area contributed by atoms with Crippen molar-refractivity contribution in [2.24, 2.45) is 0 Å². The second kappa shape index (κ2) is 5.54. The van der Waals surface area contributed by atoms with Crippen LogP contribution in [-0.4, -0.2) is 22.9 Å². The fourth-order valence-corrected chi connectivity index (χ4v) is 0.364. The van der Waals surface area contributed by atoms with Gasteiger partial charge in [0, 0.05) is 0 Å². The van der Waals surface area contributed by atoms with E-state index in [4.69, 9.17) is 10.2 Å². The fraction of sp³-hybridized carbons (Fsp3) is 0.429. The molecule has 0 aromatic rings. The summed E-state index contributed by atoms with van der Waals surface area (Å²) >= 11 is 0. The Kier molecular flexibility index (Phi) is 5.17. The maximum absolute atomic E-state index is 8.67. The summed E-state index contributed by atoms with van der Waals surface area (Å²) in [5.41, 5.74) is 0. The zero-order valence-corrected chi connectivity index (χ0v) is 5.49. The van der Waals surface area contributed by atoms with Gasteiger partial charge in [-0.1, -0.05) is 24.3 Å². The lowest BCUT2D eigenvalue weighted by Crippen LogP contribution is -1.90. The molecule has 2 heteroatoms. The lowest BCUT2D eigenvalue weighted by molar-refractivity contribution is 0.244. The molecule has 0 fully saturated rings. The van der Waals surface area contributed by atoms with Crippen molar-refractivity contribution in [2.75, 3.05) is 6.61 Å². The number of rotatable bonds is 3. The van der Waals surface area contributed by atoms with Gasteiger partial charge < -0.3 is 10.2 Å². The molecule has 2 nitrogen and oxygen atoms in total. The summed E-state index contributed by atoms with van der Waals surface area (Å²) in [4.78, 5) is 0. The van der Waals surface area contributed by atoms with Crippen LogP contribution in [0.4, 0.5) is 0 Å². The van der Waals surface area contributed by atoms with Crippen LogP contribution in [0.15, 0.2) is 24.3 Å². The van der Waals surface area contributed by atoms with Crippen molar-refractivity contribution in [3.05, 3.63) is 24.3 Å². The minimum Gasteiger partial charge on any atom is -0.392 e. The first-order chi connectivity index (χ1) is 4.27. The largest absolute Gasteiger partial charge is 0.392 e. The van der Waals surface area contributed by atoms with E-state index in [0.717, 1.165) is 0 Å². The Morgan fingerprint density at radius 2 is 2.11 bits per heavy atom. The van der Waals surface area contributed by atoms with Crippen molar-refractivity contribution in [1.29, 1.82) is 0 Å². The molecule has 9 heavy (non-hydrogen) atoms. The highest BCUT2D eigenvalue weighted by molar-refractivity contribution is 5.03. The van der Waals surface area contributed by atoms with Crippen molar-refractivity contribution in [3.8, 4) is 0 Å². The van der Waals surface area contributed by atoms with E-state index >= 15 is 0 Å². The number of hydrogen-bond donors (Lipinski definition) is 2. The van der Waals surface area contributed by atoms with Gasteiger partial charge in [0.15, 0.2) is 0 Å². The van der Waals surface area contributed by atoms with Crippen LogP contribution in [0.2, 0.25) is 0 Å². The zero-order chi connectivity index (χ0) is 7.11. The van der Waals surface area contributed by atoms with Crippen molar-refractivity contribution >= 4 is 0 Å². The van der Waals surface area contributed by atoms with Crippen molar-refractivity contribution in [2.45, 2.75) is 13.0 Å². The summed E-state index contributed by atoms with van der Waals surface area (Å²) in [5, 5.41) is 16.9. The predicted molar refractivity (Wildman–Crippen MR) is 37.0 cm³/mol. The molecular weight excluding hydrogens is 116 g/mol. The van der Waals surface area contributed by atoms with E-state index in [1.165, 1.54) is 0 Å². The van der Waals surface area contributed by atoms with Crippen LogP contribution in [0.1, 0.15) is 6.92 Å². The highest BCUT2D eigenvalue weighted by Crippen LogP contribution is 1.82. The van der Waals surface area contributed by atoms with Gasteiger partial charge in [-0.25, -0.2) is 0 Å². The predicted octanol–water partition coefficient (Wildman–Crippen LogP) is 0.472. The quantitative estimate of drug-likeness (QED) is 0.542. The molecule has 0 rings (SSSR count). The summed E-state index contributed by atoms with van der Waals surface area (Å²) in [7, 11) is 0. The molecule has 0 aliphatic carbocycles. The Labute approximate surface area is 55.1 Å². The molecular formula is C7H12O2. The number of aliphatic hydroxyl groups excluding tert-OH is 2. The number of allylic oxidation sites excluding steroid dienone is 2. The van der Waals surface area contributed by atoms with Gasteiger partial charge in [0.2, 0.25) is 0 Å². The first-order valence-electron chi connectivity index (χ1n) is 2.89. The van der Waals surface area contributed by atoms with Gasteiger partial charge in [0.1, 0.15) is 0 Å². The molecule has 0 radical (unpaired) electrons.